The molecule has 1 aromatic heterocycles. The molecule has 0 saturated carbocycles. The van der Waals surface area contributed by atoms with Gasteiger partial charge in [-0.15, -0.1) is 0 Å². The Labute approximate surface area is 107 Å². The Hall–Kier alpha value is -1.97. The van der Waals surface area contributed by atoms with Crippen LogP contribution in [0.1, 0.15) is 24.5 Å². The molecule has 1 aromatic carbocycles. The second kappa shape index (κ2) is 5.12. The summed E-state index contributed by atoms with van der Waals surface area (Å²) in [5, 5.41) is 4.28. The summed E-state index contributed by atoms with van der Waals surface area (Å²) in [4.78, 5) is 0. The van der Waals surface area contributed by atoms with Gasteiger partial charge in [0, 0.05) is 0 Å². The number of benzene rings is 1. The van der Waals surface area contributed by atoms with Gasteiger partial charge < -0.3 is 10.5 Å². The van der Waals surface area contributed by atoms with E-state index in [-0.39, 0.29) is 0 Å². The Kier molecular flexibility index (Phi) is 3.55. The third-order valence-corrected chi connectivity index (χ3v) is 2.92. The fraction of sp³-hybridized carbons (Fsp3) is 0.357. The zero-order chi connectivity index (χ0) is 13.1. The van der Waals surface area contributed by atoms with Crippen LogP contribution in [-0.4, -0.2) is 16.4 Å². The molecular weight excluding hydrogens is 226 g/mol. The highest BCUT2D eigenvalue weighted by Gasteiger charge is 2.07. The lowest BCUT2D eigenvalue weighted by Crippen LogP contribution is -2.01. The first-order valence-electron chi connectivity index (χ1n) is 6.16. The van der Waals surface area contributed by atoms with E-state index in [1.807, 2.05) is 25.3 Å². The summed E-state index contributed by atoms with van der Waals surface area (Å²) in [6, 6.07) is 4.01. The number of ether oxygens (including phenoxy) is 1. The number of hydrogen-bond donors (Lipinski definition) is 1. The molecule has 18 heavy (non-hydrogen) atoms. The van der Waals surface area contributed by atoms with Gasteiger partial charge in [-0.1, -0.05) is 6.92 Å². The summed E-state index contributed by atoms with van der Waals surface area (Å²) in [5.74, 6) is 0.773. The number of anilines is 1. The maximum absolute atomic E-state index is 6.03. The van der Waals surface area contributed by atoms with E-state index in [9.17, 15) is 0 Å². The van der Waals surface area contributed by atoms with Crippen LogP contribution in [0.25, 0.3) is 5.69 Å². The van der Waals surface area contributed by atoms with Crippen LogP contribution in [0.4, 0.5) is 5.69 Å². The molecule has 1 heterocycles. The van der Waals surface area contributed by atoms with Crippen molar-refractivity contribution in [3.05, 3.63) is 35.7 Å². The molecule has 0 fully saturated rings. The largest absolute Gasteiger partial charge is 0.490 e. The molecule has 0 bridgehead atoms. The molecule has 4 nitrogen and oxygen atoms in total. The molecule has 0 saturated heterocycles. The molecule has 2 rings (SSSR count). The van der Waals surface area contributed by atoms with Crippen LogP contribution < -0.4 is 10.5 Å². The number of aryl methyl sites for hydroxylation is 2. The molecule has 4 heteroatoms. The molecule has 0 radical (unpaired) electrons. The minimum absolute atomic E-state index is 0.702. The molecule has 0 aliphatic carbocycles. The fourth-order valence-corrected chi connectivity index (χ4v) is 1.75. The van der Waals surface area contributed by atoms with Crippen molar-refractivity contribution in [1.29, 1.82) is 0 Å². The highest BCUT2D eigenvalue weighted by molar-refractivity contribution is 5.61. The second-order valence-corrected chi connectivity index (χ2v) is 4.46. The lowest BCUT2D eigenvalue weighted by Gasteiger charge is -2.09. The molecule has 0 unspecified atom stereocenters. The van der Waals surface area contributed by atoms with Crippen LogP contribution in [0.5, 0.6) is 5.75 Å². The number of nitrogen functional groups attached to an aromatic ring is 1. The minimum atomic E-state index is 0.702. The van der Waals surface area contributed by atoms with Crippen molar-refractivity contribution in [1.82, 2.24) is 9.78 Å². The average Bonchev–Trinajstić information content (AvgIpc) is 2.79. The molecule has 0 aliphatic rings. The standard InChI is InChI=1S/C14H19N3O/c1-4-5-18-12-8-16-17(9-12)14-7-11(3)10(2)6-13(14)15/h6-9H,4-5,15H2,1-3H3. The zero-order valence-electron chi connectivity index (χ0n) is 11.1. The summed E-state index contributed by atoms with van der Waals surface area (Å²) >= 11 is 0. The normalized spacial score (nSPS) is 10.6. The highest BCUT2D eigenvalue weighted by atomic mass is 16.5. The van der Waals surface area contributed by atoms with Gasteiger partial charge in [0.1, 0.15) is 0 Å². The Morgan fingerprint density at radius 2 is 2.00 bits per heavy atom. The van der Waals surface area contributed by atoms with E-state index >= 15 is 0 Å². The van der Waals surface area contributed by atoms with Crippen LogP contribution >= 0.6 is 0 Å². The van der Waals surface area contributed by atoms with Gasteiger partial charge in [-0.2, -0.15) is 5.10 Å². The summed E-state index contributed by atoms with van der Waals surface area (Å²) in [7, 11) is 0. The first kappa shape index (κ1) is 12.5. The predicted octanol–water partition coefficient (Wildman–Crippen LogP) is 2.86. The van der Waals surface area contributed by atoms with Gasteiger partial charge in [-0.3, -0.25) is 0 Å². The van der Waals surface area contributed by atoms with E-state index in [1.54, 1.807) is 10.9 Å². The van der Waals surface area contributed by atoms with E-state index < -0.39 is 0 Å². The van der Waals surface area contributed by atoms with Crippen molar-refractivity contribution in [2.45, 2.75) is 27.2 Å². The summed E-state index contributed by atoms with van der Waals surface area (Å²) in [5.41, 5.74) is 10.0. The molecule has 0 atom stereocenters. The van der Waals surface area contributed by atoms with Crippen molar-refractivity contribution >= 4 is 5.69 Å². The van der Waals surface area contributed by atoms with Gasteiger partial charge in [0.15, 0.2) is 5.75 Å². The Balaban J connectivity index is 2.31. The maximum atomic E-state index is 6.03. The van der Waals surface area contributed by atoms with Crippen LogP contribution in [0.15, 0.2) is 24.5 Å². The number of hydrogen-bond acceptors (Lipinski definition) is 3. The van der Waals surface area contributed by atoms with E-state index in [1.165, 1.54) is 11.1 Å². The van der Waals surface area contributed by atoms with Crippen molar-refractivity contribution < 1.29 is 4.74 Å². The molecule has 2 aromatic rings. The molecule has 0 spiro atoms. The minimum Gasteiger partial charge on any atom is -0.490 e. The van der Waals surface area contributed by atoms with Crippen molar-refractivity contribution in [3.8, 4) is 11.4 Å². The summed E-state index contributed by atoms with van der Waals surface area (Å²) < 4.78 is 7.28. The topological polar surface area (TPSA) is 53.1 Å². The van der Waals surface area contributed by atoms with E-state index in [4.69, 9.17) is 10.5 Å². The van der Waals surface area contributed by atoms with Crippen molar-refractivity contribution in [2.24, 2.45) is 0 Å². The fourth-order valence-electron chi connectivity index (χ4n) is 1.75. The van der Waals surface area contributed by atoms with Crippen LogP contribution in [0.2, 0.25) is 0 Å². The van der Waals surface area contributed by atoms with E-state index in [0.717, 1.165) is 23.5 Å². The molecule has 2 N–H and O–H groups in total. The van der Waals surface area contributed by atoms with Gasteiger partial charge >= 0.3 is 0 Å². The van der Waals surface area contributed by atoms with Crippen LogP contribution in [0, 0.1) is 13.8 Å². The average molecular weight is 245 g/mol. The Bertz CT molecular complexity index is 546. The molecule has 0 amide bonds. The smallest absolute Gasteiger partial charge is 0.157 e. The van der Waals surface area contributed by atoms with Gasteiger partial charge in [-0.05, 0) is 43.5 Å². The number of rotatable bonds is 4. The molecule has 96 valence electrons. The van der Waals surface area contributed by atoms with E-state index in [0.29, 0.717) is 6.61 Å². The third kappa shape index (κ3) is 2.47. The number of nitrogens with zero attached hydrogens (tertiary/aromatic N) is 2. The summed E-state index contributed by atoms with van der Waals surface area (Å²) in [6.07, 6.45) is 4.55. The first-order valence-corrected chi connectivity index (χ1v) is 6.16. The Morgan fingerprint density at radius 1 is 1.28 bits per heavy atom. The molecule has 0 aliphatic heterocycles. The van der Waals surface area contributed by atoms with Gasteiger partial charge in [-0.25, -0.2) is 4.68 Å². The highest BCUT2D eigenvalue weighted by Crippen LogP contribution is 2.23. The number of aromatic nitrogens is 2. The lowest BCUT2D eigenvalue weighted by molar-refractivity contribution is 0.317. The van der Waals surface area contributed by atoms with Gasteiger partial charge in [0.2, 0.25) is 0 Å². The monoisotopic (exact) mass is 245 g/mol. The lowest BCUT2D eigenvalue weighted by atomic mass is 10.1. The van der Waals surface area contributed by atoms with Gasteiger partial charge in [0.05, 0.1) is 30.4 Å². The van der Waals surface area contributed by atoms with Crippen LogP contribution in [-0.2, 0) is 0 Å². The van der Waals surface area contributed by atoms with E-state index in [2.05, 4.69) is 18.9 Å². The van der Waals surface area contributed by atoms with Gasteiger partial charge in [0.25, 0.3) is 0 Å². The third-order valence-electron chi connectivity index (χ3n) is 2.92. The van der Waals surface area contributed by atoms with Crippen LogP contribution in [0.3, 0.4) is 0 Å². The quantitative estimate of drug-likeness (QED) is 0.843. The van der Waals surface area contributed by atoms with Crippen molar-refractivity contribution in [2.75, 3.05) is 12.3 Å². The summed E-state index contributed by atoms with van der Waals surface area (Å²) in [6.45, 7) is 6.89. The maximum Gasteiger partial charge on any atom is 0.157 e. The zero-order valence-corrected chi connectivity index (χ0v) is 11.1. The SMILES string of the molecule is CCCOc1cnn(-c2cc(C)c(C)cc2N)c1. The molecular formula is C14H19N3O. The number of nitrogens with two attached hydrogens (primary N) is 1. The second-order valence-electron chi connectivity index (χ2n) is 4.46. The van der Waals surface area contributed by atoms with Crippen molar-refractivity contribution in [3.63, 3.8) is 0 Å². The first-order chi connectivity index (χ1) is 8.61. The predicted molar refractivity (Wildman–Crippen MR) is 73.2 cm³/mol. The Morgan fingerprint density at radius 3 is 2.72 bits per heavy atom.